The van der Waals surface area contributed by atoms with Crippen LogP contribution in [0.5, 0.6) is 0 Å². The number of rotatable bonds is 4. The quantitative estimate of drug-likeness (QED) is 0.873. The molecule has 1 amide bonds. The Labute approximate surface area is 149 Å². The molecule has 2 N–H and O–H groups in total. The van der Waals surface area contributed by atoms with Gasteiger partial charge in [0.15, 0.2) is 0 Å². The van der Waals surface area contributed by atoms with Crippen molar-refractivity contribution in [2.75, 3.05) is 18.8 Å². The van der Waals surface area contributed by atoms with Crippen molar-refractivity contribution < 1.29 is 13.2 Å². The van der Waals surface area contributed by atoms with Crippen LogP contribution in [0.15, 0.2) is 30.5 Å². The number of hydrogen-bond donors (Lipinski definition) is 1. The van der Waals surface area contributed by atoms with Crippen LogP contribution in [0.1, 0.15) is 16.1 Å². The Kier molecular flexibility index (Phi) is 4.91. The number of halogens is 1. The number of nitrogens with zero attached hydrogens (tertiary/aromatic N) is 2. The van der Waals surface area contributed by atoms with Gasteiger partial charge in [-0.1, -0.05) is 29.8 Å². The van der Waals surface area contributed by atoms with Crippen LogP contribution in [0.2, 0.25) is 5.02 Å². The number of amides is 1. The summed E-state index contributed by atoms with van der Waals surface area (Å²) in [4.78, 5) is 19.0. The first kappa shape index (κ1) is 17.3. The molecule has 1 aliphatic rings. The van der Waals surface area contributed by atoms with Gasteiger partial charge in [0.05, 0.1) is 17.0 Å². The molecule has 3 rings (SSSR count). The van der Waals surface area contributed by atoms with E-state index in [-0.39, 0.29) is 17.6 Å². The molecule has 128 valence electrons. The lowest BCUT2D eigenvalue weighted by Crippen LogP contribution is -2.30. The van der Waals surface area contributed by atoms with Crippen LogP contribution in [0.4, 0.5) is 0 Å². The summed E-state index contributed by atoms with van der Waals surface area (Å²) >= 11 is 7.44. The molecule has 6 nitrogen and oxygen atoms in total. The Hall–Kier alpha value is -1.48. The summed E-state index contributed by atoms with van der Waals surface area (Å²) in [6.45, 7) is 0.924. The van der Waals surface area contributed by atoms with E-state index in [0.717, 1.165) is 5.56 Å². The number of carbonyl (C=O) groups is 1. The van der Waals surface area contributed by atoms with E-state index in [1.54, 1.807) is 17.2 Å². The summed E-state index contributed by atoms with van der Waals surface area (Å²) in [5.41, 5.74) is 0.789. The average molecular weight is 386 g/mol. The third-order valence-electron chi connectivity index (χ3n) is 3.86. The second kappa shape index (κ2) is 6.79. The Balaban J connectivity index is 1.72. The lowest BCUT2D eigenvalue weighted by Gasteiger charge is -2.14. The Morgan fingerprint density at radius 3 is 2.88 bits per heavy atom. The SMILES string of the molecule is NS(=O)(=O)CC1CCN(C(=O)c2cnc(-c3ccccc3Cl)s2)C1. The highest BCUT2D eigenvalue weighted by atomic mass is 35.5. The van der Waals surface area contributed by atoms with Gasteiger partial charge in [-0.15, -0.1) is 11.3 Å². The van der Waals surface area contributed by atoms with Gasteiger partial charge in [0.1, 0.15) is 9.88 Å². The predicted molar refractivity (Wildman–Crippen MR) is 94.5 cm³/mol. The van der Waals surface area contributed by atoms with Crippen LogP contribution in [0.3, 0.4) is 0 Å². The highest BCUT2D eigenvalue weighted by Gasteiger charge is 2.30. The number of carbonyl (C=O) groups excluding carboxylic acids is 1. The zero-order chi connectivity index (χ0) is 17.3. The van der Waals surface area contributed by atoms with Gasteiger partial charge < -0.3 is 4.90 Å². The maximum Gasteiger partial charge on any atom is 0.265 e. The first-order chi connectivity index (χ1) is 11.3. The normalized spacial score (nSPS) is 18.1. The van der Waals surface area contributed by atoms with Crippen molar-refractivity contribution in [1.82, 2.24) is 9.88 Å². The Bertz CT molecular complexity index is 866. The van der Waals surface area contributed by atoms with Gasteiger partial charge >= 0.3 is 0 Å². The summed E-state index contributed by atoms with van der Waals surface area (Å²) in [5, 5.41) is 6.35. The molecular weight excluding hydrogens is 370 g/mol. The van der Waals surface area contributed by atoms with Gasteiger partial charge in [0.25, 0.3) is 5.91 Å². The van der Waals surface area contributed by atoms with Gasteiger partial charge in [-0.2, -0.15) is 0 Å². The summed E-state index contributed by atoms with van der Waals surface area (Å²) in [6, 6.07) is 7.33. The smallest absolute Gasteiger partial charge is 0.265 e. The van der Waals surface area contributed by atoms with E-state index in [1.807, 2.05) is 18.2 Å². The second-order valence-electron chi connectivity index (χ2n) is 5.74. The lowest BCUT2D eigenvalue weighted by molar-refractivity contribution is 0.0792. The van der Waals surface area contributed by atoms with Gasteiger partial charge in [0.2, 0.25) is 10.0 Å². The zero-order valence-electron chi connectivity index (χ0n) is 12.7. The molecule has 0 radical (unpaired) electrons. The molecule has 0 spiro atoms. The maximum atomic E-state index is 12.6. The number of aromatic nitrogens is 1. The van der Waals surface area contributed by atoms with Gasteiger partial charge in [0, 0.05) is 18.7 Å². The molecular formula is C15H16ClN3O3S2. The van der Waals surface area contributed by atoms with E-state index >= 15 is 0 Å². The highest BCUT2D eigenvalue weighted by molar-refractivity contribution is 7.89. The van der Waals surface area contributed by atoms with E-state index in [9.17, 15) is 13.2 Å². The van der Waals surface area contributed by atoms with Gasteiger partial charge in [-0.3, -0.25) is 4.79 Å². The average Bonchev–Trinajstić information content (AvgIpc) is 3.15. The number of hydrogen-bond acceptors (Lipinski definition) is 5. The van der Waals surface area contributed by atoms with Crippen molar-refractivity contribution in [2.24, 2.45) is 11.1 Å². The highest BCUT2D eigenvalue weighted by Crippen LogP contribution is 2.32. The molecule has 1 aliphatic heterocycles. The van der Waals surface area contributed by atoms with Crippen molar-refractivity contribution >= 4 is 38.9 Å². The fraction of sp³-hybridized carbons (Fsp3) is 0.333. The summed E-state index contributed by atoms with van der Waals surface area (Å²) in [5.74, 6) is -0.340. The van der Waals surface area contributed by atoms with Crippen LogP contribution in [0, 0.1) is 5.92 Å². The second-order valence-corrected chi connectivity index (χ2v) is 8.84. The molecule has 1 aromatic heterocycles. The Morgan fingerprint density at radius 1 is 1.42 bits per heavy atom. The van der Waals surface area contributed by atoms with Crippen LogP contribution < -0.4 is 5.14 Å². The molecule has 1 saturated heterocycles. The van der Waals surface area contributed by atoms with Crippen molar-refractivity contribution in [3.05, 3.63) is 40.4 Å². The zero-order valence-corrected chi connectivity index (χ0v) is 15.1. The fourth-order valence-corrected chi connectivity index (χ4v) is 4.90. The van der Waals surface area contributed by atoms with Crippen molar-refractivity contribution in [3.63, 3.8) is 0 Å². The topological polar surface area (TPSA) is 93.4 Å². The number of primary sulfonamides is 1. The fourth-order valence-electron chi connectivity index (χ4n) is 2.77. The first-order valence-electron chi connectivity index (χ1n) is 7.34. The van der Waals surface area contributed by atoms with E-state index in [0.29, 0.717) is 34.4 Å². The molecule has 1 fully saturated rings. The van der Waals surface area contributed by atoms with Crippen molar-refractivity contribution in [2.45, 2.75) is 6.42 Å². The largest absolute Gasteiger partial charge is 0.338 e. The molecule has 0 aliphatic carbocycles. The molecule has 9 heteroatoms. The number of nitrogens with two attached hydrogens (primary N) is 1. The molecule has 2 aromatic rings. The molecule has 0 saturated carbocycles. The standard InChI is InChI=1S/C15H16ClN3O3S2/c16-12-4-2-1-3-11(12)14-18-7-13(23-14)15(20)19-6-5-10(8-19)9-24(17,21)22/h1-4,7,10H,5-6,8-9H2,(H2,17,21,22). The summed E-state index contributed by atoms with van der Waals surface area (Å²) in [6.07, 6.45) is 2.18. The molecule has 0 bridgehead atoms. The Morgan fingerprint density at radius 2 is 2.17 bits per heavy atom. The minimum Gasteiger partial charge on any atom is -0.338 e. The summed E-state index contributed by atoms with van der Waals surface area (Å²) in [7, 11) is -3.52. The van der Waals surface area contributed by atoms with Crippen LogP contribution in [-0.4, -0.2) is 43.1 Å². The van der Waals surface area contributed by atoms with Crippen molar-refractivity contribution in [3.8, 4) is 10.6 Å². The summed E-state index contributed by atoms with van der Waals surface area (Å²) < 4.78 is 22.4. The molecule has 1 unspecified atom stereocenters. The maximum absolute atomic E-state index is 12.6. The van der Waals surface area contributed by atoms with E-state index in [1.165, 1.54) is 11.3 Å². The van der Waals surface area contributed by atoms with Gasteiger partial charge in [-0.25, -0.2) is 18.5 Å². The third-order valence-corrected chi connectivity index (χ3v) is 6.15. The van der Waals surface area contributed by atoms with Crippen LogP contribution >= 0.6 is 22.9 Å². The number of benzene rings is 1. The van der Waals surface area contributed by atoms with Crippen LogP contribution in [-0.2, 0) is 10.0 Å². The van der Waals surface area contributed by atoms with Crippen LogP contribution in [0.25, 0.3) is 10.6 Å². The van der Waals surface area contributed by atoms with Gasteiger partial charge in [-0.05, 0) is 18.4 Å². The minimum atomic E-state index is -3.52. The molecule has 2 heterocycles. The molecule has 24 heavy (non-hydrogen) atoms. The van der Waals surface area contributed by atoms with Crippen molar-refractivity contribution in [1.29, 1.82) is 0 Å². The number of thiazole rings is 1. The third kappa shape index (κ3) is 3.94. The minimum absolute atomic E-state index is 0.0929. The van der Waals surface area contributed by atoms with E-state index in [2.05, 4.69) is 4.98 Å². The van der Waals surface area contributed by atoms with E-state index in [4.69, 9.17) is 16.7 Å². The molecule has 1 atom stereocenters. The predicted octanol–water partition coefficient (Wildman–Crippen LogP) is 2.21. The monoisotopic (exact) mass is 385 g/mol. The number of likely N-dealkylation sites (tertiary alicyclic amines) is 1. The van der Waals surface area contributed by atoms with E-state index < -0.39 is 10.0 Å². The lowest BCUT2D eigenvalue weighted by atomic mass is 10.2. The molecule has 1 aromatic carbocycles. The number of sulfonamides is 1. The first-order valence-corrected chi connectivity index (χ1v) is 10.2.